The predicted molar refractivity (Wildman–Crippen MR) is 96.8 cm³/mol. The largest absolute Gasteiger partial charge is 0.341 e. The smallest absolute Gasteiger partial charge is 0.239 e. The maximum absolute atomic E-state index is 12.9. The number of likely N-dealkylation sites (N-methyl/N-ethyl adjacent to an activating group) is 2. The van der Waals surface area contributed by atoms with Gasteiger partial charge >= 0.3 is 0 Å². The van der Waals surface area contributed by atoms with Crippen LogP contribution in [0.1, 0.15) is 39.0 Å². The number of anilines is 1. The van der Waals surface area contributed by atoms with Gasteiger partial charge in [-0.2, -0.15) is 0 Å². The fourth-order valence-corrected chi connectivity index (χ4v) is 3.23. The fourth-order valence-electron chi connectivity index (χ4n) is 3.23. The number of carbonyl (C=O) groups excluding carboxylic acids is 2. The van der Waals surface area contributed by atoms with Crippen molar-refractivity contribution in [3.8, 4) is 0 Å². The van der Waals surface area contributed by atoms with Crippen LogP contribution >= 0.6 is 0 Å². The Morgan fingerprint density at radius 3 is 2.36 bits per heavy atom. The molecular weight excluding hydrogens is 321 g/mol. The van der Waals surface area contributed by atoms with Crippen LogP contribution in [-0.2, 0) is 9.59 Å². The highest BCUT2D eigenvalue weighted by Crippen LogP contribution is 2.22. The van der Waals surface area contributed by atoms with Crippen molar-refractivity contribution < 1.29 is 14.0 Å². The molecule has 1 fully saturated rings. The van der Waals surface area contributed by atoms with Crippen molar-refractivity contribution >= 4 is 17.5 Å². The third kappa shape index (κ3) is 5.53. The van der Waals surface area contributed by atoms with Gasteiger partial charge in [0.15, 0.2) is 0 Å². The van der Waals surface area contributed by atoms with E-state index in [0.29, 0.717) is 11.7 Å². The Balaban J connectivity index is 1.85. The monoisotopic (exact) mass is 349 g/mol. The van der Waals surface area contributed by atoms with Gasteiger partial charge in [-0.15, -0.1) is 0 Å². The molecule has 25 heavy (non-hydrogen) atoms. The van der Waals surface area contributed by atoms with Gasteiger partial charge in [0.1, 0.15) is 5.82 Å². The van der Waals surface area contributed by atoms with E-state index in [0.717, 1.165) is 12.8 Å². The molecule has 1 saturated carbocycles. The van der Waals surface area contributed by atoms with E-state index in [1.807, 2.05) is 18.9 Å². The van der Waals surface area contributed by atoms with E-state index in [-0.39, 0.29) is 30.2 Å². The summed E-state index contributed by atoms with van der Waals surface area (Å²) in [5.74, 6) is -0.529. The van der Waals surface area contributed by atoms with E-state index in [4.69, 9.17) is 0 Å². The highest BCUT2D eigenvalue weighted by atomic mass is 19.1. The van der Waals surface area contributed by atoms with Crippen molar-refractivity contribution in [2.24, 2.45) is 0 Å². The molecule has 0 aliphatic heterocycles. The second kappa shape index (κ2) is 8.94. The minimum absolute atomic E-state index is 0.0454. The number of hydrogen-bond acceptors (Lipinski definition) is 3. The first-order valence-corrected chi connectivity index (χ1v) is 8.91. The minimum atomic E-state index is -0.370. The number of benzene rings is 1. The zero-order valence-electron chi connectivity index (χ0n) is 15.3. The molecule has 0 heterocycles. The first-order valence-electron chi connectivity index (χ1n) is 8.91. The fraction of sp³-hybridized carbons (Fsp3) is 0.579. The maximum atomic E-state index is 12.9. The van der Waals surface area contributed by atoms with Crippen LogP contribution in [0, 0.1) is 5.82 Å². The van der Waals surface area contributed by atoms with E-state index in [1.54, 1.807) is 11.9 Å². The molecule has 0 aromatic heterocycles. The Labute approximate surface area is 149 Å². The molecule has 5 nitrogen and oxygen atoms in total. The second-order valence-corrected chi connectivity index (χ2v) is 6.89. The van der Waals surface area contributed by atoms with Crippen LogP contribution in [0.3, 0.4) is 0 Å². The molecule has 1 aliphatic carbocycles. The van der Waals surface area contributed by atoms with E-state index >= 15 is 0 Å². The van der Waals surface area contributed by atoms with Gasteiger partial charge in [0, 0.05) is 18.8 Å². The zero-order valence-corrected chi connectivity index (χ0v) is 15.3. The lowest BCUT2D eigenvalue weighted by Crippen LogP contribution is -2.49. The molecule has 0 bridgehead atoms. The molecule has 138 valence electrons. The Bertz CT molecular complexity index is 585. The topological polar surface area (TPSA) is 52.7 Å². The van der Waals surface area contributed by atoms with Crippen molar-refractivity contribution in [3.05, 3.63) is 30.1 Å². The van der Waals surface area contributed by atoms with E-state index < -0.39 is 0 Å². The normalized spacial score (nSPS) is 16.5. The molecular formula is C19H28FN3O2. The summed E-state index contributed by atoms with van der Waals surface area (Å²) >= 11 is 0. The maximum Gasteiger partial charge on any atom is 0.239 e. The second-order valence-electron chi connectivity index (χ2n) is 6.89. The number of carbonyl (C=O) groups is 2. The SMILES string of the molecule is C[C@@H](C(=O)N(C)C1CCCCC1)N(C)CC(=O)Nc1ccc(F)cc1. The lowest BCUT2D eigenvalue weighted by atomic mass is 9.94. The quantitative estimate of drug-likeness (QED) is 0.859. The average molecular weight is 349 g/mol. The van der Waals surface area contributed by atoms with Crippen LogP contribution < -0.4 is 5.32 Å². The molecule has 2 rings (SSSR count). The van der Waals surface area contributed by atoms with Crippen LogP contribution in [0.4, 0.5) is 10.1 Å². The molecule has 1 atom stereocenters. The lowest BCUT2D eigenvalue weighted by Gasteiger charge is -2.35. The van der Waals surface area contributed by atoms with E-state index in [9.17, 15) is 14.0 Å². The Kier molecular flexibility index (Phi) is 6.93. The van der Waals surface area contributed by atoms with Gasteiger partial charge in [-0.1, -0.05) is 19.3 Å². The molecule has 2 amide bonds. The summed E-state index contributed by atoms with van der Waals surface area (Å²) in [7, 11) is 3.63. The van der Waals surface area contributed by atoms with E-state index in [2.05, 4.69) is 5.32 Å². The van der Waals surface area contributed by atoms with Gasteiger partial charge in [-0.05, 0) is 51.1 Å². The van der Waals surface area contributed by atoms with Crippen molar-refractivity contribution in [3.63, 3.8) is 0 Å². The van der Waals surface area contributed by atoms with Crippen LogP contribution in [0.15, 0.2) is 24.3 Å². The third-order valence-electron chi connectivity index (χ3n) is 5.01. The number of amides is 2. The number of nitrogens with zero attached hydrogens (tertiary/aromatic N) is 2. The van der Waals surface area contributed by atoms with E-state index in [1.165, 1.54) is 43.5 Å². The van der Waals surface area contributed by atoms with Gasteiger partial charge in [-0.25, -0.2) is 4.39 Å². The lowest BCUT2D eigenvalue weighted by molar-refractivity contribution is -0.137. The van der Waals surface area contributed by atoms with Gasteiger partial charge < -0.3 is 10.2 Å². The molecule has 0 saturated heterocycles. The van der Waals surface area contributed by atoms with Gasteiger partial charge in [0.2, 0.25) is 11.8 Å². The summed E-state index contributed by atoms with van der Waals surface area (Å²) in [6.45, 7) is 1.93. The minimum Gasteiger partial charge on any atom is -0.341 e. The van der Waals surface area contributed by atoms with Gasteiger partial charge in [0.05, 0.1) is 12.6 Å². The van der Waals surface area contributed by atoms with Crippen molar-refractivity contribution in [1.82, 2.24) is 9.80 Å². The Morgan fingerprint density at radius 1 is 1.16 bits per heavy atom. The molecule has 6 heteroatoms. The number of hydrogen-bond donors (Lipinski definition) is 1. The molecule has 0 radical (unpaired) electrons. The Hall–Kier alpha value is -1.95. The summed E-state index contributed by atoms with van der Waals surface area (Å²) < 4.78 is 12.9. The third-order valence-corrected chi connectivity index (χ3v) is 5.01. The standard InChI is InChI=1S/C19H28FN3O2/c1-14(19(25)23(3)17-7-5-4-6-8-17)22(2)13-18(24)21-16-11-9-15(20)10-12-16/h9-12,14,17H,4-8,13H2,1-3H3,(H,21,24)/t14-/m0/s1. The summed E-state index contributed by atoms with van der Waals surface area (Å²) in [6, 6.07) is 5.56. The number of nitrogens with one attached hydrogen (secondary N) is 1. The number of rotatable bonds is 6. The number of halogens is 1. The van der Waals surface area contributed by atoms with Crippen LogP contribution in [0.2, 0.25) is 0 Å². The van der Waals surface area contributed by atoms with Crippen molar-refractivity contribution in [2.45, 2.75) is 51.1 Å². The van der Waals surface area contributed by atoms with Gasteiger partial charge in [0.25, 0.3) is 0 Å². The zero-order chi connectivity index (χ0) is 18.4. The summed E-state index contributed by atoms with van der Waals surface area (Å²) in [5.41, 5.74) is 0.540. The summed E-state index contributed by atoms with van der Waals surface area (Å²) in [5, 5.41) is 2.71. The summed E-state index contributed by atoms with van der Waals surface area (Å²) in [6.07, 6.45) is 5.71. The average Bonchev–Trinajstić information content (AvgIpc) is 2.62. The van der Waals surface area contributed by atoms with Gasteiger partial charge in [-0.3, -0.25) is 14.5 Å². The van der Waals surface area contributed by atoms with Crippen molar-refractivity contribution in [2.75, 3.05) is 26.0 Å². The van der Waals surface area contributed by atoms with Crippen molar-refractivity contribution in [1.29, 1.82) is 0 Å². The first-order chi connectivity index (χ1) is 11.9. The van der Waals surface area contributed by atoms with Crippen LogP contribution in [0.5, 0.6) is 0 Å². The molecule has 0 unspecified atom stereocenters. The molecule has 1 aliphatic rings. The molecule has 0 spiro atoms. The summed E-state index contributed by atoms with van der Waals surface area (Å²) in [4.78, 5) is 28.4. The molecule has 1 aromatic carbocycles. The van der Waals surface area contributed by atoms with Crippen LogP contribution in [0.25, 0.3) is 0 Å². The van der Waals surface area contributed by atoms with Crippen LogP contribution in [-0.4, -0.2) is 54.3 Å². The molecule has 1 aromatic rings. The first kappa shape index (κ1) is 19.4. The highest BCUT2D eigenvalue weighted by molar-refractivity contribution is 5.92. The Morgan fingerprint density at radius 2 is 1.76 bits per heavy atom. The highest BCUT2D eigenvalue weighted by Gasteiger charge is 2.28. The molecule has 1 N–H and O–H groups in total. The predicted octanol–water partition coefficient (Wildman–Crippen LogP) is 2.88.